The van der Waals surface area contributed by atoms with Crippen molar-refractivity contribution in [3.05, 3.63) is 119 Å². The van der Waals surface area contributed by atoms with E-state index in [0.29, 0.717) is 12.8 Å². The van der Waals surface area contributed by atoms with Crippen molar-refractivity contribution in [3.63, 3.8) is 0 Å². The van der Waals surface area contributed by atoms with Gasteiger partial charge >= 0.3 is 0 Å². The van der Waals surface area contributed by atoms with Crippen LogP contribution in [0.2, 0.25) is 0 Å². The van der Waals surface area contributed by atoms with Crippen molar-refractivity contribution in [1.29, 1.82) is 0 Å². The fraction of sp³-hybridized carbons (Fsp3) is 0.475. The van der Waals surface area contributed by atoms with Crippen molar-refractivity contribution >= 4 is 5.78 Å². The van der Waals surface area contributed by atoms with Gasteiger partial charge in [0.1, 0.15) is 0 Å². The van der Waals surface area contributed by atoms with Crippen LogP contribution in [-0.2, 0) is 4.79 Å². The van der Waals surface area contributed by atoms with E-state index in [1.54, 1.807) is 6.08 Å². The molecule has 0 saturated heterocycles. The van der Waals surface area contributed by atoms with Crippen molar-refractivity contribution in [1.82, 2.24) is 0 Å². The minimum atomic E-state index is -0.524. The first kappa shape index (κ1) is 35.2. The van der Waals surface area contributed by atoms with Crippen molar-refractivity contribution < 1.29 is 9.90 Å². The first-order valence-corrected chi connectivity index (χ1v) is 15.6. The maximum absolute atomic E-state index is 12.9. The summed E-state index contributed by atoms with van der Waals surface area (Å²) in [5, 5.41) is 10.1. The smallest absolute Gasteiger partial charge is 0.162 e. The molecule has 2 atom stereocenters. The molecule has 0 bridgehead atoms. The summed E-state index contributed by atoms with van der Waals surface area (Å²) in [5.41, 5.74) is 7.17. The standard InChI is InChI=1S/C40H56O2/c1-30(18-13-20-32(3)23-25-36-34(5)22-15-27-38(36,6)7)16-11-12-17-31(2)19-14-21-33(4)24-26-37(42)40(10)29-35(41)28-39(40,8)9/h11-14,16-21,23-26,35,41H,15,22,27-29H2,1-10H3/t35-,40-/m0/s1. The van der Waals surface area contributed by atoms with Gasteiger partial charge in [-0.25, -0.2) is 0 Å². The molecule has 0 heterocycles. The van der Waals surface area contributed by atoms with E-state index in [1.807, 2.05) is 32.1 Å². The lowest BCUT2D eigenvalue weighted by molar-refractivity contribution is -0.127. The van der Waals surface area contributed by atoms with E-state index in [2.05, 4.69) is 116 Å². The molecule has 2 nitrogen and oxygen atoms in total. The van der Waals surface area contributed by atoms with E-state index in [-0.39, 0.29) is 16.6 Å². The van der Waals surface area contributed by atoms with Gasteiger partial charge in [0.05, 0.1) is 6.10 Å². The highest BCUT2D eigenvalue weighted by atomic mass is 16.3. The average Bonchev–Trinajstić information content (AvgIpc) is 3.10. The Labute approximate surface area is 257 Å². The number of rotatable bonds is 11. The van der Waals surface area contributed by atoms with Gasteiger partial charge in [0, 0.05) is 5.41 Å². The third kappa shape index (κ3) is 10.4. The second kappa shape index (κ2) is 15.5. The molecule has 0 aromatic heterocycles. The Balaban J connectivity index is 1.88. The summed E-state index contributed by atoms with van der Waals surface area (Å²) in [6.07, 6.45) is 33.5. The van der Waals surface area contributed by atoms with E-state index in [0.717, 1.165) is 11.1 Å². The van der Waals surface area contributed by atoms with Crippen LogP contribution in [0, 0.1) is 16.2 Å². The number of hydrogen-bond acceptors (Lipinski definition) is 2. The average molecular weight is 569 g/mol. The molecule has 42 heavy (non-hydrogen) atoms. The third-order valence-electron chi connectivity index (χ3n) is 9.25. The zero-order chi connectivity index (χ0) is 31.6. The molecular formula is C40H56O2. The van der Waals surface area contributed by atoms with Crippen LogP contribution in [-0.4, -0.2) is 17.0 Å². The monoisotopic (exact) mass is 568 g/mol. The van der Waals surface area contributed by atoms with Crippen LogP contribution in [0.15, 0.2) is 119 Å². The van der Waals surface area contributed by atoms with Gasteiger partial charge in [0.15, 0.2) is 5.78 Å². The highest BCUT2D eigenvalue weighted by Crippen LogP contribution is 2.53. The molecule has 0 aromatic rings. The maximum atomic E-state index is 12.9. The molecule has 1 fully saturated rings. The van der Waals surface area contributed by atoms with E-state index >= 15 is 0 Å². The van der Waals surface area contributed by atoms with Crippen LogP contribution in [0.4, 0.5) is 0 Å². The van der Waals surface area contributed by atoms with E-state index in [4.69, 9.17) is 0 Å². The highest BCUT2D eigenvalue weighted by Gasteiger charge is 2.52. The van der Waals surface area contributed by atoms with Gasteiger partial charge < -0.3 is 5.11 Å². The third-order valence-corrected chi connectivity index (χ3v) is 9.25. The summed E-state index contributed by atoms with van der Waals surface area (Å²) in [7, 11) is 0. The van der Waals surface area contributed by atoms with Gasteiger partial charge in [-0.3, -0.25) is 4.79 Å². The van der Waals surface area contributed by atoms with Gasteiger partial charge in [-0.05, 0) is 89.2 Å². The SMILES string of the molecule is CC(C=CC=C(C)C=CC(=O)[C@]1(C)C[C@@H](O)CC1(C)C)=CC=CC=C(C)C=CC=C(C)C=CC1=C(C)CCCC1(C)C. The number of aliphatic hydroxyl groups excluding tert-OH is 1. The Kier molecular flexibility index (Phi) is 13.0. The Morgan fingerprint density at radius 2 is 1.21 bits per heavy atom. The van der Waals surface area contributed by atoms with Crippen molar-refractivity contribution in [2.75, 3.05) is 0 Å². The largest absolute Gasteiger partial charge is 0.393 e. The number of aliphatic hydroxyl groups is 1. The van der Waals surface area contributed by atoms with Crippen molar-refractivity contribution in [2.45, 2.75) is 107 Å². The number of carbonyl (C=O) groups excluding carboxylic acids is 1. The number of ketones is 1. The zero-order valence-electron chi connectivity index (χ0n) is 28.1. The summed E-state index contributed by atoms with van der Waals surface area (Å²) in [4.78, 5) is 12.9. The number of allylic oxidation sites excluding steroid dienone is 20. The lowest BCUT2D eigenvalue weighted by atomic mass is 9.66. The van der Waals surface area contributed by atoms with E-state index in [9.17, 15) is 9.90 Å². The Bertz CT molecular complexity index is 1280. The quantitative estimate of drug-likeness (QED) is 0.199. The molecule has 0 unspecified atom stereocenters. The molecular weight excluding hydrogens is 512 g/mol. The summed E-state index contributed by atoms with van der Waals surface area (Å²) >= 11 is 0. The molecule has 1 saturated carbocycles. The minimum absolute atomic E-state index is 0.0925. The Hall–Kier alpha value is -2.97. The predicted octanol–water partition coefficient (Wildman–Crippen LogP) is 10.8. The van der Waals surface area contributed by atoms with Crippen LogP contribution in [0.5, 0.6) is 0 Å². The van der Waals surface area contributed by atoms with Crippen LogP contribution in [0.3, 0.4) is 0 Å². The molecule has 0 aromatic carbocycles. The van der Waals surface area contributed by atoms with Crippen LogP contribution in [0.25, 0.3) is 0 Å². The molecule has 2 aliphatic rings. The molecule has 2 aliphatic carbocycles. The second-order valence-electron chi connectivity index (χ2n) is 14.0. The first-order chi connectivity index (χ1) is 19.6. The lowest BCUT2D eigenvalue weighted by Crippen LogP contribution is -2.36. The number of carbonyl (C=O) groups is 1. The molecule has 0 spiro atoms. The topological polar surface area (TPSA) is 37.3 Å². The minimum Gasteiger partial charge on any atom is -0.393 e. The molecule has 2 rings (SSSR count). The van der Waals surface area contributed by atoms with Gasteiger partial charge in [-0.2, -0.15) is 0 Å². The summed E-state index contributed by atoms with van der Waals surface area (Å²) in [6, 6.07) is 0. The van der Waals surface area contributed by atoms with Gasteiger partial charge in [-0.1, -0.05) is 141 Å². The van der Waals surface area contributed by atoms with Crippen LogP contribution >= 0.6 is 0 Å². The fourth-order valence-electron chi connectivity index (χ4n) is 6.02. The van der Waals surface area contributed by atoms with Crippen molar-refractivity contribution in [3.8, 4) is 0 Å². The lowest BCUT2D eigenvalue weighted by Gasteiger charge is -2.35. The summed E-state index contributed by atoms with van der Waals surface area (Å²) in [5.74, 6) is 0.0925. The number of hydrogen-bond donors (Lipinski definition) is 1. The fourth-order valence-corrected chi connectivity index (χ4v) is 6.02. The first-order valence-electron chi connectivity index (χ1n) is 15.6. The molecule has 1 N–H and O–H groups in total. The molecule has 228 valence electrons. The predicted molar refractivity (Wildman–Crippen MR) is 183 cm³/mol. The van der Waals surface area contributed by atoms with Gasteiger partial charge in [0.25, 0.3) is 0 Å². The van der Waals surface area contributed by atoms with Crippen LogP contribution in [0.1, 0.15) is 101 Å². The van der Waals surface area contributed by atoms with Gasteiger partial charge in [-0.15, -0.1) is 0 Å². The van der Waals surface area contributed by atoms with Gasteiger partial charge in [0.2, 0.25) is 0 Å². The zero-order valence-corrected chi connectivity index (χ0v) is 28.1. The van der Waals surface area contributed by atoms with Crippen molar-refractivity contribution in [2.24, 2.45) is 16.2 Å². The molecule has 0 aliphatic heterocycles. The molecule has 0 radical (unpaired) electrons. The second-order valence-corrected chi connectivity index (χ2v) is 14.0. The van der Waals surface area contributed by atoms with Crippen LogP contribution < -0.4 is 0 Å². The highest BCUT2D eigenvalue weighted by molar-refractivity contribution is 5.95. The summed E-state index contributed by atoms with van der Waals surface area (Å²) in [6.45, 7) is 21.5. The Morgan fingerprint density at radius 1 is 0.714 bits per heavy atom. The molecule has 2 heteroatoms. The summed E-state index contributed by atoms with van der Waals surface area (Å²) < 4.78 is 0. The normalized spacial score (nSPS) is 26.3. The maximum Gasteiger partial charge on any atom is 0.162 e. The molecule has 0 amide bonds. The Morgan fingerprint density at radius 3 is 1.71 bits per heavy atom. The van der Waals surface area contributed by atoms with E-state index < -0.39 is 11.5 Å². The van der Waals surface area contributed by atoms with E-state index in [1.165, 1.54) is 41.6 Å².